The molecule has 2 aromatic carbocycles. The number of phenols is 1. The fourth-order valence-corrected chi connectivity index (χ4v) is 3.89. The lowest BCUT2D eigenvalue weighted by Crippen LogP contribution is -2.27. The average Bonchev–Trinajstić information content (AvgIpc) is 2.98. The van der Waals surface area contributed by atoms with Crippen LogP contribution in [0, 0.1) is 18.6 Å². The molecule has 1 aliphatic rings. The molecule has 0 bridgehead atoms. The Kier molecular flexibility index (Phi) is 5.05. The second-order valence-corrected chi connectivity index (χ2v) is 7.65. The third-order valence-electron chi connectivity index (χ3n) is 5.73. The minimum Gasteiger partial charge on any atom is -0.505 e. The number of halogens is 2. The molecule has 4 rings (SSSR count). The number of benzene rings is 2. The highest BCUT2D eigenvalue weighted by Gasteiger charge is 2.32. The van der Waals surface area contributed by atoms with Crippen molar-refractivity contribution in [2.75, 3.05) is 0 Å². The van der Waals surface area contributed by atoms with Crippen molar-refractivity contribution in [3.63, 3.8) is 0 Å². The van der Waals surface area contributed by atoms with Gasteiger partial charge in [0.2, 0.25) is 0 Å². The second kappa shape index (κ2) is 7.55. The second-order valence-electron chi connectivity index (χ2n) is 7.65. The van der Waals surface area contributed by atoms with E-state index in [1.165, 1.54) is 28.8 Å². The van der Waals surface area contributed by atoms with E-state index in [1.807, 2.05) is 0 Å². The van der Waals surface area contributed by atoms with E-state index in [0.717, 1.165) is 31.4 Å². The van der Waals surface area contributed by atoms with E-state index in [2.05, 4.69) is 0 Å². The van der Waals surface area contributed by atoms with E-state index in [-0.39, 0.29) is 28.1 Å². The van der Waals surface area contributed by atoms with Crippen LogP contribution in [0.2, 0.25) is 0 Å². The van der Waals surface area contributed by atoms with Crippen LogP contribution in [0.25, 0.3) is 10.9 Å². The maximum absolute atomic E-state index is 15.0. The van der Waals surface area contributed by atoms with Crippen LogP contribution in [-0.4, -0.2) is 27.7 Å². The normalized spacial score (nSPS) is 15.1. The number of hydrogen-bond acceptors (Lipinski definition) is 4. The minimum absolute atomic E-state index is 0.0182. The molecule has 1 aromatic heterocycles. The van der Waals surface area contributed by atoms with Crippen molar-refractivity contribution >= 4 is 22.8 Å². The van der Waals surface area contributed by atoms with Crippen LogP contribution in [0.4, 0.5) is 8.78 Å². The van der Waals surface area contributed by atoms with Crippen molar-refractivity contribution in [1.29, 1.82) is 0 Å². The SMILES string of the molecule is Cc1c(C(C)C(=O)OC2CCC2)c2c(F)c(O)ccc2n1C(=O)c1cccc(F)c1. The summed E-state index contributed by atoms with van der Waals surface area (Å²) in [5.74, 6) is -4.00. The summed E-state index contributed by atoms with van der Waals surface area (Å²) < 4.78 is 35.3. The fourth-order valence-electron chi connectivity index (χ4n) is 3.89. The van der Waals surface area contributed by atoms with Crippen LogP contribution in [0.5, 0.6) is 5.75 Å². The largest absolute Gasteiger partial charge is 0.505 e. The summed E-state index contributed by atoms with van der Waals surface area (Å²) in [6.45, 7) is 3.18. The lowest BCUT2D eigenvalue weighted by atomic mass is 9.94. The van der Waals surface area contributed by atoms with E-state index in [1.54, 1.807) is 13.8 Å². The quantitative estimate of drug-likeness (QED) is 0.623. The van der Waals surface area contributed by atoms with Gasteiger partial charge >= 0.3 is 5.97 Å². The molecule has 1 N–H and O–H groups in total. The fraction of sp³-hybridized carbons (Fsp3) is 0.304. The zero-order chi connectivity index (χ0) is 21.6. The molecule has 0 radical (unpaired) electrons. The first kappa shape index (κ1) is 20.1. The predicted octanol–water partition coefficient (Wildman–Crippen LogP) is 4.82. The van der Waals surface area contributed by atoms with Crippen molar-refractivity contribution in [2.45, 2.75) is 45.1 Å². The molecule has 5 nitrogen and oxygen atoms in total. The number of carbonyl (C=O) groups excluding carboxylic acids is 2. The first-order chi connectivity index (χ1) is 14.3. The smallest absolute Gasteiger partial charge is 0.313 e. The number of aromatic nitrogens is 1. The summed E-state index contributed by atoms with van der Waals surface area (Å²) in [7, 11) is 0. The van der Waals surface area contributed by atoms with Crippen molar-refractivity contribution < 1.29 is 28.2 Å². The molecule has 0 saturated heterocycles. The molecule has 3 aromatic rings. The molecule has 7 heteroatoms. The van der Waals surface area contributed by atoms with Gasteiger partial charge in [0, 0.05) is 16.6 Å². The first-order valence-electron chi connectivity index (χ1n) is 9.82. The van der Waals surface area contributed by atoms with E-state index in [0.29, 0.717) is 5.69 Å². The maximum Gasteiger partial charge on any atom is 0.313 e. The van der Waals surface area contributed by atoms with Gasteiger partial charge in [-0.1, -0.05) is 6.07 Å². The Morgan fingerprint density at radius 2 is 1.93 bits per heavy atom. The Hall–Kier alpha value is -3.22. The standard InChI is InChI=1S/C23H21F2NO4/c1-12(23(29)30-16-7-4-8-16)19-13(2)26(17-9-10-18(27)21(25)20(17)19)22(28)14-5-3-6-15(24)11-14/h3,5-6,9-12,16,27H,4,7-8H2,1-2H3. The number of carbonyl (C=O) groups is 2. The van der Waals surface area contributed by atoms with Gasteiger partial charge in [0.1, 0.15) is 11.9 Å². The predicted molar refractivity (Wildman–Crippen MR) is 107 cm³/mol. The number of ether oxygens (including phenoxy) is 1. The number of rotatable bonds is 4. The maximum atomic E-state index is 15.0. The van der Waals surface area contributed by atoms with Crippen molar-refractivity contribution in [3.8, 4) is 5.75 Å². The number of fused-ring (bicyclic) bond motifs is 1. The zero-order valence-electron chi connectivity index (χ0n) is 16.6. The highest BCUT2D eigenvalue weighted by Crippen LogP contribution is 2.38. The molecule has 0 spiro atoms. The van der Waals surface area contributed by atoms with Gasteiger partial charge in [-0.05, 0) is 69.0 Å². The minimum atomic E-state index is -0.917. The lowest BCUT2D eigenvalue weighted by Gasteiger charge is -2.26. The average molecular weight is 413 g/mol. The van der Waals surface area contributed by atoms with Gasteiger partial charge in [-0.25, -0.2) is 8.78 Å². The van der Waals surface area contributed by atoms with E-state index in [4.69, 9.17) is 4.74 Å². The Labute approximate surface area is 171 Å². The Morgan fingerprint density at radius 3 is 2.57 bits per heavy atom. The lowest BCUT2D eigenvalue weighted by molar-refractivity contribution is -0.154. The Balaban J connectivity index is 1.88. The van der Waals surface area contributed by atoms with E-state index < -0.39 is 35.2 Å². The highest BCUT2D eigenvalue weighted by atomic mass is 19.1. The highest BCUT2D eigenvalue weighted by molar-refractivity contribution is 6.05. The monoisotopic (exact) mass is 413 g/mol. The number of phenolic OH excluding ortho intramolecular Hbond substituents is 1. The molecule has 1 unspecified atom stereocenters. The molecule has 1 heterocycles. The molecule has 156 valence electrons. The molecular weight excluding hydrogens is 392 g/mol. The molecule has 1 aliphatic carbocycles. The number of esters is 1. The van der Waals surface area contributed by atoms with E-state index >= 15 is 0 Å². The summed E-state index contributed by atoms with van der Waals surface area (Å²) in [6, 6.07) is 7.74. The van der Waals surface area contributed by atoms with Gasteiger partial charge in [-0.2, -0.15) is 0 Å². The molecule has 0 aliphatic heterocycles. The van der Waals surface area contributed by atoms with Gasteiger partial charge < -0.3 is 9.84 Å². The first-order valence-corrected chi connectivity index (χ1v) is 9.82. The van der Waals surface area contributed by atoms with Crippen molar-refractivity contribution in [3.05, 3.63) is 64.9 Å². The summed E-state index contributed by atoms with van der Waals surface area (Å²) in [5.41, 5.74) is 0.879. The molecule has 1 saturated carbocycles. The van der Waals surface area contributed by atoms with Gasteiger partial charge in [0.15, 0.2) is 11.6 Å². The molecule has 1 fully saturated rings. The Bertz CT molecular complexity index is 1160. The van der Waals surface area contributed by atoms with Gasteiger partial charge in [-0.3, -0.25) is 14.2 Å². The van der Waals surface area contributed by atoms with Gasteiger partial charge in [0.25, 0.3) is 5.91 Å². The van der Waals surface area contributed by atoms with Crippen LogP contribution < -0.4 is 0 Å². The van der Waals surface area contributed by atoms with Gasteiger partial charge in [0.05, 0.1) is 11.4 Å². The molecule has 30 heavy (non-hydrogen) atoms. The van der Waals surface area contributed by atoms with Crippen LogP contribution in [0.15, 0.2) is 36.4 Å². The number of aromatic hydroxyl groups is 1. The molecule has 1 atom stereocenters. The van der Waals surface area contributed by atoms with Crippen LogP contribution in [0.3, 0.4) is 0 Å². The summed E-state index contributed by atoms with van der Waals surface area (Å²) in [6.07, 6.45) is 2.45. The number of nitrogens with zero attached hydrogens (tertiary/aromatic N) is 1. The van der Waals surface area contributed by atoms with Crippen molar-refractivity contribution in [1.82, 2.24) is 4.57 Å². The zero-order valence-corrected chi connectivity index (χ0v) is 16.6. The Morgan fingerprint density at radius 1 is 1.20 bits per heavy atom. The summed E-state index contributed by atoms with van der Waals surface area (Å²) in [4.78, 5) is 25.8. The summed E-state index contributed by atoms with van der Waals surface area (Å²) in [5, 5.41) is 9.89. The third kappa shape index (κ3) is 3.24. The topological polar surface area (TPSA) is 68.5 Å². The van der Waals surface area contributed by atoms with Crippen LogP contribution in [0.1, 0.15) is 53.7 Å². The molecule has 0 amide bonds. The van der Waals surface area contributed by atoms with E-state index in [9.17, 15) is 23.5 Å². The third-order valence-corrected chi connectivity index (χ3v) is 5.73. The van der Waals surface area contributed by atoms with Crippen molar-refractivity contribution in [2.24, 2.45) is 0 Å². The van der Waals surface area contributed by atoms with Crippen LogP contribution in [-0.2, 0) is 9.53 Å². The summed E-state index contributed by atoms with van der Waals surface area (Å²) >= 11 is 0. The van der Waals surface area contributed by atoms with Crippen LogP contribution >= 0.6 is 0 Å². The van der Waals surface area contributed by atoms with Gasteiger partial charge in [-0.15, -0.1) is 0 Å². The molecular formula is C23H21F2NO4. The number of hydrogen-bond donors (Lipinski definition) is 1.